The minimum Gasteiger partial charge on any atom is -0.458 e. The van der Waals surface area contributed by atoms with Crippen LogP contribution in [0.2, 0.25) is 0 Å². The molecule has 0 radical (unpaired) electrons. The zero-order chi connectivity index (χ0) is 33.5. The van der Waals surface area contributed by atoms with Crippen molar-refractivity contribution in [2.24, 2.45) is 0 Å². The Morgan fingerprint density at radius 1 is 0.574 bits per heavy atom. The van der Waals surface area contributed by atoms with Crippen LogP contribution in [0.1, 0.15) is 130 Å². The van der Waals surface area contributed by atoms with Crippen molar-refractivity contribution in [1.82, 2.24) is 0 Å². The Bertz CT molecular complexity index is 1970. The molecule has 2 nitrogen and oxygen atoms in total. The fourth-order valence-electron chi connectivity index (χ4n) is 9.20. The Kier molecular flexibility index (Phi) is 6.29. The monoisotopic (exact) mass is 621 g/mol. The highest BCUT2D eigenvalue weighted by atomic mass is 16.5. The number of hydrogen-bond donors (Lipinski definition) is 0. The lowest BCUT2D eigenvalue weighted by Crippen LogP contribution is -2.60. The van der Waals surface area contributed by atoms with Gasteiger partial charge in [0.05, 0.1) is 0 Å². The molecule has 0 aromatic heterocycles. The van der Waals surface area contributed by atoms with Crippen LogP contribution in [0.15, 0.2) is 66.7 Å². The Hall–Kier alpha value is -3.46. The molecule has 0 spiro atoms. The lowest BCUT2D eigenvalue weighted by molar-refractivity contribution is 0.332. The Balaban J connectivity index is 1.45. The topological polar surface area (TPSA) is 12.5 Å². The third-order valence-corrected chi connectivity index (χ3v) is 12.6. The minimum absolute atomic E-state index is 0.0456. The highest BCUT2D eigenvalue weighted by Gasteiger charge is 2.46. The van der Waals surface area contributed by atoms with E-state index in [4.69, 9.17) is 4.74 Å². The van der Waals surface area contributed by atoms with E-state index < -0.39 is 0 Å². The van der Waals surface area contributed by atoms with Crippen molar-refractivity contribution in [3.8, 4) is 11.5 Å². The predicted molar refractivity (Wildman–Crippen MR) is 202 cm³/mol. The van der Waals surface area contributed by atoms with Gasteiger partial charge in [0, 0.05) is 17.1 Å². The van der Waals surface area contributed by atoms with Crippen molar-refractivity contribution in [2.75, 3.05) is 4.90 Å². The van der Waals surface area contributed by atoms with Gasteiger partial charge in [0.25, 0.3) is 6.71 Å². The number of rotatable bonds is 1. The number of ether oxygens (including phenoxy) is 1. The number of anilines is 3. The van der Waals surface area contributed by atoms with Gasteiger partial charge in [-0.15, -0.1) is 0 Å². The van der Waals surface area contributed by atoms with E-state index in [2.05, 4.69) is 148 Å². The van der Waals surface area contributed by atoms with E-state index in [1.54, 1.807) is 0 Å². The second-order valence-electron chi connectivity index (χ2n) is 18.8. The van der Waals surface area contributed by atoms with Gasteiger partial charge in [-0.25, -0.2) is 0 Å². The van der Waals surface area contributed by atoms with E-state index in [-0.39, 0.29) is 33.8 Å². The number of nitrogens with zero attached hydrogens (tertiary/aromatic N) is 1. The van der Waals surface area contributed by atoms with E-state index in [1.165, 1.54) is 87.0 Å². The van der Waals surface area contributed by atoms with Crippen LogP contribution in [-0.4, -0.2) is 6.71 Å². The summed E-state index contributed by atoms with van der Waals surface area (Å²) in [6, 6.07) is 26.2. The van der Waals surface area contributed by atoms with Crippen LogP contribution in [0.4, 0.5) is 17.1 Å². The molecule has 0 unspecified atom stereocenters. The Morgan fingerprint density at radius 3 is 1.81 bits per heavy atom. The van der Waals surface area contributed by atoms with Gasteiger partial charge in [0.2, 0.25) is 0 Å². The molecular weight excluding hydrogens is 569 g/mol. The number of benzene rings is 4. The maximum absolute atomic E-state index is 6.80. The summed E-state index contributed by atoms with van der Waals surface area (Å²) in [5.74, 6) is 1.97. The lowest BCUT2D eigenvalue weighted by atomic mass is 9.33. The molecule has 2 aliphatic heterocycles. The first-order valence-corrected chi connectivity index (χ1v) is 18.0. The number of hydrogen-bond acceptors (Lipinski definition) is 2. The molecule has 2 aliphatic carbocycles. The molecule has 0 saturated carbocycles. The maximum atomic E-state index is 6.80. The molecule has 2 heterocycles. The van der Waals surface area contributed by atoms with Gasteiger partial charge in [-0.1, -0.05) is 106 Å². The molecule has 0 N–H and O–H groups in total. The smallest absolute Gasteiger partial charge is 0.256 e. The second-order valence-corrected chi connectivity index (χ2v) is 18.8. The van der Waals surface area contributed by atoms with Crippen molar-refractivity contribution in [2.45, 2.75) is 129 Å². The van der Waals surface area contributed by atoms with Crippen LogP contribution in [-0.2, 0) is 27.1 Å². The van der Waals surface area contributed by atoms with Crippen LogP contribution in [0.25, 0.3) is 0 Å². The summed E-state index contributed by atoms with van der Waals surface area (Å²) in [5.41, 5.74) is 15.8. The summed E-state index contributed by atoms with van der Waals surface area (Å²) >= 11 is 0. The Morgan fingerprint density at radius 2 is 1.17 bits per heavy atom. The summed E-state index contributed by atoms with van der Waals surface area (Å²) in [5, 5.41) is 0. The van der Waals surface area contributed by atoms with Gasteiger partial charge < -0.3 is 9.64 Å². The van der Waals surface area contributed by atoms with Crippen LogP contribution in [0, 0.1) is 0 Å². The summed E-state index contributed by atoms with van der Waals surface area (Å²) in [6.45, 7) is 26.6. The summed E-state index contributed by atoms with van der Waals surface area (Å²) in [7, 11) is 0. The van der Waals surface area contributed by atoms with Gasteiger partial charge >= 0.3 is 0 Å². The van der Waals surface area contributed by atoms with Gasteiger partial charge in [0.1, 0.15) is 11.5 Å². The van der Waals surface area contributed by atoms with E-state index in [9.17, 15) is 0 Å². The van der Waals surface area contributed by atoms with E-state index in [1.807, 2.05) is 0 Å². The first kappa shape index (κ1) is 30.9. The molecule has 4 aromatic rings. The van der Waals surface area contributed by atoms with Crippen LogP contribution in [0.3, 0.4) is 0 Å². The summed E-state index contributed by atoms with van der Waals surface area (Å²) in [4.78, 5) is 2.59. The molecular formula is C44H52BNO. The first-order chi connectivity index (χ1) is 21.9. The van der Waals surface area contributed by atoms with Gasteiger partial charge in [-0.2, -0.15) is 0 Å². The Labute approximate surface area is 284 Å². The zero-order valence-electron chi connectivity index (χ0n) is 30.6. The summed E-state index contributed by atoms with van der Waals surface area (Å²) in [6.07, 6.45) is 4.82. The average molecular weight is 622 g/mol. The van der Waals surface area contributed by atoms with Gasteiger partial charge in [-0.05, 0) is 133 Å². The molecule has 3 heteroatoms. The zero-order valence-corrected chi connectivity index (χ0v) is 30.6. The van der Waals surface area contributed by atoms with Crippen molar-refractivity contribution < 1.29 is 4.74 Å². The molecule has 0 atom stereocenters. The third-order valence-electron chi connectivity index (χ3n) is 12.6. The standard InChI is InChI=1S/C44H52BNO/c1-40(2,3)27-15-18-37-34(23-27)45-33-25-31-32(44(10,11)22-21-43(31,8)9)26-36(33)46(35-13-12-14-38(47-37)39(35)45)28-16-17-29-30(24-28)42(6,7)20-19-41(29,4)5/h12-18,23-26H,19-22H2,1-11H3. The fraction of sp³-hybridized carbons (Fsp3) is 0.455. The lowest BCUT2D eigenvalue weighted by Gasteiger charge is -2.46. The van der Waals surface area contributed by atoms with Gasteiger partial charge in [-0.3, -0.25) is 0 Å². The molecule has 0 fully saturated rings. The van der Waals surface area contributed by atoms with Crippen LogP contribution >= 0.6 is 0 Å². The van der Waals surface area contributed by atoms with Crippen molar-refractivity contribution in [3.05, 3.63) is 94.5 Å². The number of fused-ring (bicyclic) bond motifs is 6. The van der Waals surface area contributed by atoms with E-state index in [0.717, 1.165) is 11.5 Å². The minimum atomic E-state index is 0.0456. The maximum Gasteiger partial charge on any atom is 0.256 e. The van der Waals surface area contributed by atoms with Crippen molar-refractivity contribution >= 4 is 40.2 Å². The molecule has 0 saturated heterocycles. The van der Waals surface area contributed by atoms with Crippen LogP contribution in [0.5, 0.6) is 11.5 Å². The quantitative estimate of drug-likeness (QED) is 0.170. The third kappa shape index (κ3) is 4.51. The SMILES string of the molecule is CC(C)(C)c1ccc2c(c1)B1c3cc4c(cc3N(c3ccc5c(c3)C(C)(C)CCC5(C)C)c3cccc(c31)O2)C(C)(C)CCC4(C)C. The van der Waals surface area contributed by atoms with Gasteiger partial charge in [0.15, 0.2) is 0 Å². The molecule has 242 valence electrons. The fourth-order valence-corrected chi connectivity index (χ4v) is 9.20. The highest BCUT2D eigenvalue weighted by Crippen LogP contribution is 2.51. The normalized spacial score (nSPS) is 20.7. The molecule has 4 aromatic carbocycles. The highest BCUT2D eigenvalue weighted by molar-refractivity contribution is 6.99. The predicted octanol–water partition coefficient (Wildman–Crippen LogP) is 10.1. The second kappa shape index (κ2) is 9.58. The molecule has 47 heavy (non-hydrogen) atoms. The molecule has 4 aliphatic rings. The average Bonchev–Trinajstić information content (AvgIpc) is 3.00. The molecule has 0 amide bonds. The first-order valence-electron chi connectivity index (χ1n) is 18.0. The molecule has 0 bridgehead atoms. The van der Waals surface area contributed by atoms with E-state index in [0.29, 0.717) is 0 Å². The van der Waals surface area contributed by atoms with Crippen LogP contribution < -0.4 is 26.0 Å². The largest absolute Gasteiger partial charge is 0.458 e. The van der Waals surface area contributed by atoms with Crippen molar-refractivity contribution in [3.63, 3.8) is 0 Å². The van der Waals surface area contributed by atoms with Crippen molar-refractivity contribution in [1.29, 1.82) is 0 Å². The molecule has 8 rings (SSSR count). The summed E-state index contributed by atoms with van der Waals surface area (Å²) < 4.78 is 6.80. The van der Waals surface area contributed by atoms with E-state index >= 15 is 0 Å².